The van der Waals surface area contributed by atoms with Gasteiger partial charge < -0.3 is 5.73 Å². The smallest absolute Gasteiger partial charge is 0.260 e. The lowest BCUT2D eigenvalue weighted by Gasteiger charge is -2.08. The lowest BCUT2D eigenvalue weighted by molar-refractivity contribution is 0.578. The largest absolute Gasteiger partial charge is 0.396 e. The maximum absolute atomic E-state index is 12.0. The number of hydrogen-bond donors (Lipinski definition) is 2. The maximum Gasteiger partial charge on any atom is 0.260 e. The van der Waals surface area contributed by atoms with Gasteiger partial charge in [-0.1, -0.05) is 23.7 Å². The molecular weight excluding hydrogens is 286 g/mol. The SMILES string of the molecule is Nc1cccnc1S(=O)(=O)NCc1ccc(Cl)cc1. The molecule has 3 N–H and O–H groups in total. The number of benzene rings is 1. The fourth-order valence-corrected chi connectivity index (χ4v) is 2.67. The van der Waals surface area contributed by atoms with Crippen LogP contribution in [-0.4, -0.2) is 13.4 Å². The fourth-order valence-electron chi connectivity index (χ4n) is 1.48. The number of nitrogens with zero attached hydrogens (tertiary/aromatic N) is 1. The average Bonchev–Trinajstić information content (AvgIpc) is 2.38. The third-order valence-electron chi connectivity index (χ3n) is 2.43. The van der Waals surface area contributed by atoms with Crippen LogP contribution in [0.3, 0.4) is 0 Å². The van der Waals surface area contributed by atoms with Gasteiger partial charge in [0.15, 0.2) is 5.03 Å². The number of nitrogens with two attached hydrogens (primary N) is 1. The molecular formula is C12H12ClN3O2S. The third kappa shape index (κ3) is 3.44. The standard InChI is InChI=1S/C12H12ClN3O2S/c13-10-5-3-9(4-6-10)8-16-19(17,18)12-11(14)2-1-7-15-12/h1-7,16H,8,14H2. The monoisotopic (exact) mass is 297 g/mol. The Labute approximate surface area is 116 Å². The molecule has 1 aromatic heterocycles. The Morgan fingerprint density at radius 1 is 1.21 bits per heavy atom. The van der Waals surface area contributed by atoms with Crippen molar-refractivity contribution in [2.75, 3.05) is 5.73 Å². The molecule has 0 aliphatic rings. The van der Waals surface area contributed by atoms with Crippen LogP contribution in [0.25, 0.3) is 0 Å². The van der Waals surface area contributed by atoms with Crippen molar-refractivity contribution in [3.63, 3.8) is 0 Å². The molecule has 0 amide bonds. The van der Waals surface area contributed by atoms with Crippen LogP contribution in [0.1, 0.15) is 5.56 Å². The zero-order valence-corrected chi connectivity index (χ0v) is 11.4. The first-order valence-corrected chi connectivity index (χ1v) is 7.30. The Hall–Kier alpha value is -1.63. The van der Waals surface area contributed by atoms with Gasteiger partial charge in [0.25, 0.3) is 10.0 Å². The van der Waals surface area contributed by atoms with Crippen molar-refractivity contribution in [2.45, 2.75) is 11.6 Å². The molecule has 100 valence electrons. The van der Waals surface area contributed by atoms with Crippen LogP contribution in [0, 0.1) is 0 Å². The lowest BCUT2D eigenvalue weighted by atomic mass is 10.2. The van der Waals surface area contributed by atoms with E-state index >= 15 is 0 Å². The topological polar surface area (TPSA) is 85.1 Å². The molecule has 5 nitrogen and oxygen atoms in total. The predicted molar refractivity (Wildman–Crippen MR) is 74.1 cm³/mol. The highest BCUT2D eigenvalue weighted by molar-refractivity contribution is 7.89. The van der Waals surface area contributed by atoms with Gasteiger partial charge in [-0.2, -0.15) is 0 Å². The molecule has 0 aliphatic carbocycles. The van der Waals surface area contributed by atoms with Crippen LogP contribution in [0.4, 0.5) is 5.69 Å². The normalized spacial score (nSPS) is 11.4. The lowest BCUT2D eigenvalue weighted by Crippen LogP contribution is -2.25. The Kier molecular flexibility index (Phi) is 4.04. The summed E-state index contributed by atoms with van der Waals surface area (Å²) in [6, 6.07) is 9.94. The molecule has 2 rings (SSSR count). The number of rotatable bonds is 4. The van der Waals surface area contributed by atoms with E-state index in [2.05, 4.69) is 9.71 Å². The predicted octanol–water partition coefficient (Wildman–Crippen LogP) is 1.80. The third-order valence-corrected chi connectivity index (χ3v) is 4.06. The molecule has 0 radical (unpaired) electrons. The summed E-state index contributed by atoms with van der Waals surface area (Å²) >= 11 is 5.75. The molecule has 0 saturated heterocycles. The summed E-state index contributed by atoms with van der Waals surface area (Å²) in [4.78, 5) is 3.78. The van der Waals surface area contributed by atoms with Gasteiger partial charge in [-0.25, -0.2) is 18.1 Å². The molecule has 0 spiro atoms. The molecule has 1 heterocycles. The number of nitrogens with one attached hydrogen (secondary N) is 1. The first kappa shape index (κ1) is 13.8. The van der Waals surface area contributed by atoms with Crippen LogP contribution in [0.2, 0.25) is 5.02 Å². The molecule has 0 bridgehead atoms. The van der Waals surface area contributed by atoms with Gasteiger partial charge in [-0.15, -0.1) is 0 Å². The van der Waals surface area contributed by atoms with E-state index in [0.717, 1.165) is 5.56 Å². The van der Waals surface area contributed by atoms with Gasteiger partial charge in [0.2, 0.25) is 0 Å². The number of halogens is 1. The Morgan fingerprint density at radius 2 is 1.89 bits per heavy atom. The zero-order chi connectivity index (χ0) is 13.9. The van der Waals surface area contributed by atoms with E-state index in [0.29, 0.717) is 5.02 Å². The summed E-state index contributed by atoms with van der Waals surface area (Å²) in [5, 5.41) is 0.435. The number of pyridine rings is 1. The van der Waals surface area contributed by atoms with Crippen LogP contribution in [0.15, 0.2) is 47.6 Å². The number of anilines is 1. The van der Waals surface area contributed by atoms with Gasteiger partial charge in [-0.05, 0) is 29.8 Å². The van der Waals surface area contributed by atoms with Gasteiger partial charge in [-0.3, -0.25) is 0 Å². The zero-order valence-electron chi connectivity index (χ0n) is 9.88. The molecule has 19 heavy (non-hydrogen) atoms. The molecule has 0 atom stereocenters. The molecule has 0 aliphatic heterocycles. The Bertz CT molecular complexity index is 672. The Morgan fingerprint density at radius 3 is 2.53 bits per heavy atom. The Balaban J connectivity index is 2.14. The average molecular weight is 298 g/mol. The van der Waals surface area contributed by atoms with E-state index in [4.69, 9.17) is 17.3 Å². The molecule has 0 fully saturated rings. The second-order valence-electron chi connectivity index (χ2n) is 3.85. The van der Waals surface area contributed by atoms with Crippen molar-refractivity contribution in [3.8, 4) is 0 Å². The number of hydrogen-bond acceptors (Lipinski definition) is 4. The van der Waals surface area contributed by atoms with Crippen molar-refractivity contribution in [2.24, 2.45) is 0 Å². The molecule has 0 saturated carbocycles. The first-order chi connectivity index (χ1) is 8.99. The van der Waals surface area contributed by atoms with Crippen molar-refractivity contribution in [1.29, 1.82) is 0 Å². The summed E-state index contributed by atoms with van der Waals surface area (Å²) in [5.74, 6) is 0. The van der Waals surface area contributed by atoms with E-state index in [1.165, 1.54) is 12.3 Å². The van der Waals surface area contributed by atoms with Gasteiger partial charge >= 0.3 is 0 Å². The highest BCUT2D eigenvalue weighted by atomic mass is 35.5. The molecule has 1 aromatic carbocycles. The van der Waals surface area contributed by atoms with Gasteiger partial charge in [0.05, 0.1) is 5.69 Å². The highest BCUT2D eigenvalue weighted by Gasteiger charge is 2.18. The van der Waals surface area contributed by atoms with Crippen molar-refractivity contribution >= 4 is 27.3 Å². The van der Waals surface area contributed by atoms with Crippen molar-refractivity contribution in [1.82, 2.24) is 9.71 Å². The van der Waals surface area contributed by atoms with Crippen LogP contribution >= 0.6 is 11.6 Å². The van der Waals surface area contributed by atoms with Crippen molar-refractivity contribution in [3.05, 3.63) is 53.2 Å². The number of sulfonamides is 1. The van der Waals surface area contributed by atoms with E-state index < -0.39 is 10.0 Å². The van der Waals surface area contributed by atoms with Crippen LogP contribution < -0.4 is 10.5 Å². The molecule has 2 aromatic rings. The van der Waals surface area contributed by atoms with Crippen molar-refractivity contribution < 1.29 is 8.42 Å². The number of nitrogen functional groups attached to an aromatic ring is 1. The van der Waals surface area contributed by atoms with Crippen LogP contribution in [0.5, 0.6) is 0 Å². The summed E-state index contributed by atoms with van der Waals surface area (Å²) in [6.07, 6.45) is 1.38. The molecule has 7 heteroatoms. The maximum atomic E-state index is 12.0. The van der Waals surface area contributed by atoms with E-state index in [1.54, 1.807) is 30.3 Å². The van der Waals surface area contributed by atoms with E-state index in [-0.39, 0.29) is 17.3 Å². The van der Waals surface area contributed by atoms with Gasteiger partial charge in [0.1, 0.15) is 0 Å². The minimum atomic E-state index is -3.72. The summed E-state index contributed by atoms with van der Waals surface area (Å²) in [5.41, 5.74) is 6.51. The summed E-state index contributed by atoms with van der Waals surface area (Å²) in [6.45, 7) is 0.148. The fraction of sp³-hybridized carbons (Fsp3) is 0.0833. The number of aromatic nitrogens is 1. The molecule has 0 unspecified atom stereocenters. The van der Waals surface area contributed by atoms with Gasteiger partial charge in [0, 0.05) is 17.8 Å². The highest BCUT2D eigenvalue weighted by Crippen LogP contribution is 2.15. The second kappa shape index (κ2) is 5.56. The quantitative estimate of drug-likeness (QED) is 0.901. The summed E-state index contributed by atoms with van der Waals surface area (Å²) < 4.78 is 26.5. The first-order valence-electron chi connectivity index (χ1n) is 5.43. The minimum absolute atomic E-state index is 0.117. The minimum Gasteiger partial charge on any atom is -0.396 e. The van der Waals surface area contributed by atoms with E-state index in [9.17, 15) is 8.42 Å². The van der Waals surface area contributed by atoms with Crippen LogP contribution in [-0.2, 0) is 16.6 Å². The second-order valence-corrected chi connectivity index (χ2v) is 5.97. The van der Waals surface area contributed by atoms with E-state index in [1.807, 2.05) is 0 Å². The summed E-state index contributed by atoms with van der Waals surface area (Å²) in [7, 11) is -3.72.